The van der Waals surface area contributed by atoms with Gasteiger partial charge in [0.1, 0.15) is 4.90 Å². The minimum Gasteiger partial charge on any atom is -0.295 e. The third-order valence-corrected chi connectivity index (χ3v) is 5.97. The van der Waals surface area contributed by atoms with E-state index in [0.29, 0.717) is 11.4 Å². The number of benzene rings is 2. The monoisotopic (exact) mass is 334 g/mol. The highest BCUT2D eigenvalue weighted by molar-refractivity contribution is 7.98. The molecular formula is C15H14N2O3S2. The number of amides is 2. The smallest absolute Gasteiger partial charge is 0.295 e. The number of rotatable bonds is 2. The number of hydrogen-bond donors (Lipinski definition) is 0. The quantitative estimate of drug-likeness (QED) is 0.792. The molecule has 0 saturated heterocycles. The first-order chi connectivity index (χ1) is 10.5. The SMILES string of the molecule is CSc1cccc(N2C(=O)N(C)c3ccccc3S2(=O)=O)c1. The lowest BCUT2D eigenvalue weighted by atomic mass is 10.3. The molecule has 3 rings (SSSR count). The molecule has 0 saturated carbocycles. The molecule has 0 bridgehead atoms. The second-order valence-electron chi connectivity index (χ2n) is 4.78. The summed E-state index contributed by atoms with van der Waals surface area (Å²) in [6, 6.07) is 12.8. The first kappa shape index (κ1) is 14.9. The molecular weight excluding hydrogens is 320 g/mol. The molecule has 7 heteroatoms. The van der Waals surface area contributed by atoms with Gasteiger partial charge in [-0.1, -0.05) is 18.2 Å². The van der Waals surface area contributed by atoms with E-state index in [9.17, 15) is 13.2 Å². The number of urea groups is 1. The van der Waals surface area contributed by atoms with Gasteiger partial charge in [-0.3, -0.25) is 4.90 Å². The van der Waals surface area contributed by atoms with Crippen molar-refractivity contribution in [3.05, 3.63) is 48.5 Å². The minimum absolute atomic E-state index is 0.131. The van der Waals surface area contributed by atoms with E-state index in [1.165, 1.54) is 22.7 Å². The molecule has 2 aromatic rings. The van der Waals surface area contributed by atoms with Crippen molar-refractivity contribution in [2.45, 2.75) is 9.79 Å². The van der Waals surface area contributed by atoms with Gasteiger partial charge in [0.2, 0.25) is 0 Å². The van der Waals surface area contributed by atoms with Crippen LogP contribution in [0.2, 0.25) is 0 Å². The summed E-state index contributed by atoms with van der Waals surface area (Å²) in [5.41, 5.74) is 0.739. The maximum Gasteiger partial charge on any atom is 0.342 e. The van der Waals surface area contributed by atoms with Crippen LogP contribution in [0.1, 0.15) is 0 Å². The van der Waals surface area contributed by atoms with Crippen LogP contribution in [0, 0.1) is 0 Å². The predicted octanol–water partition coefficient (Wildman–Crippen LogP) is 3.17. The van der Waals surface area contributed by atoms with Crippen LogP contribution in [0.5, 0.6) is 0 Å². The molecule has 22 heavy (non-hydrogen) atoms. The van der Waals surface area contributed by atoms with Crippen molar-refractivity contribution in [3.63, 3.8) is 0 Å². The zero-order valence-electron chi connectivity index (χ0n) is 12.1. The summed E-state index contributed by atoms with van der Waals surface area (Å²) in [4.78, 5) is 14.9. The summed E-state index contributed by atoms with van der Waals surface area (Å²) in [6.45, 7) is 0. The van der Waals surface area contributed by atoms with Crippen LogP contribution in [0.4, 0.5) is 16.2 Å². The average molecular weight is 334 g/mol. The molecule has 0 aliphatic carbocycles. The standard InChI is InChI=1S/C15H14N2O3S2/c1-16-13-8-3-4-9-14(13)22(19,20)17(15(16)18)11-6-5-7-12(10-11)21-2/h3-10H,1-2H3. The van der Waals surface area contributed by atoms with Crippen LogP contribution in [0.25, 0.3) is 0 Å². The lowest BCUT2D eigenvalue weighted by molar-refractivity contribution is 0.255. The number of thioether (sulfide) groups is 1. The zero-order valence-corrected chi connectivity index (χ0v) is 13.7. The van der Waals surface area contributed by atoms with Crippen LogP contribution >= 0.6 is 11.8 Å². The van der Waals surface area contributed by atoms with E-state index in [1.807, 2.05) is 12.3 Å². The summed E-state index contributed by atoms with van der Waals surface area (Å²) in [5, 5.41) is 0. The molecule has 114 valence electrons. The van der Waals surface area contributed by atoms with Gasteiger partial charge < -0.3 is 0 Å². The highest BCUT2D eigenvalue weighted by Gasteiger charge is 2.40. The Kier molecular flexibility index (Phi) is 3.62. The summed E-state index contributed by atoms with van der Waals surface area (Å²) >= 11 is 1.49. The lowest BCUT2D eigenvalue weighted by Gasteiger charge is -2.34. The first-order valence-corrected chi connectivity index (χ1v) is 9.19. The average Bonchev–Trinajstić information content (AvgIpc) is 2.53. The van der Waals surface area contributed by atoms with Crippen molar-refractivity contribution in [2.24, 2.45) is 0 Å². The molecule has 0 N–H and O–H groups in total. The second-order valence-corrected chi connectivity index (χ2v) is 7.41. The van der Waals surface area contributed by atoms with Gasteiger partial charge in [-0.25, -0.2) is 13.2 Å². The van der Waals surface area contributed by atoms with E-state index in [1.54, 1.807) is 43.4 Å². The van der Waals surface area contributed by atoms with Crippen molar-refractivity contribution in [1.29, 1.82) is 0 Å². The number of nitrogens with zero attached hydrogens (tertiary/aromatic N) is 2. The third kappa shape index (κ3) is 2.17. The number of hydrogen-bond acceptors (Lipinski definition) is 4. The van der Waals surface area contributed by atoms with E-state index in [0.717, 1.165) is 9.20 Å². The molecule has 0 atom stereocenters. The van der Waals surface area contributed by atoms with E-state index in [2.05, 4.69) is 0 Å². The van der Waals surface area contributed by atoms with E-state index in [-0.39, 0.29) is 4.90 Å². The summed E-state index contributed by atoms with van der Waals surface area (Å²) in [7, 11) is -2.34. The molecule has 0 aromatic heterocycles. The van der Waals surface area contributed by atoms with Crippen LogP contribution < -0.4 is 9.21 Å². The van der Waals surface area contributed by atoms with Crippen molar-refractivity contribution in [2.75, 3.05) is 22.5 Å². The molecule has 5 nitrogen and oxygen atoms in total. The van der Waals surface area contributed by atoms with Crippen LogP contribution in [0.15, 0.2) is 58.3 Å². The van der Waals surface area contributed by atoms with Crippen molar-refractivity contribution in [1.82, 2.24) is 0 Å². The topological polar surface area (TPSA) is 57.7 Å². The van der Waals surface area contributed by atoms with Crippen LogP contribution in [-0.2, 0) is 10.0 Å². The minimum atomic E-state index is -3.91. The summed E-state index contributed by atoms with van der Waals surface area (Å²) in [6.07, 6.45) is 1.90. The molecule has 0 unspecified atom stereocenters. The normalized spacial score (nSPS) is 16.5. The van der Waals surface area contributed by atoms with E-state index >= 15 is 0 Å². The molecule has 1 heterocycles. The highest BCUT2D eigenvalue weighted by Crippen LogP contribution is 2.36. The van der Waals surface area contributed by atoms with Crippen LogP contribution in [0.3, 0.4) is 0 Å². The van der Waals surface area contributed by atoms with Gasteiger partial charge in [-0.2, -0.15) is 4.31 Å². The number of carbonyl (C=O) groups is 1. The fourth-order valence-corrected chi connectivity index (χ4v) is 4.47. The number of carbonyl (C=O) groups excluding carboxylic acids is 1. The number of para-hydroxylation sites is 1. The molecule has 2 aromatic carbocycles. The van der Waals surface area contributed by atoms with Crippen LogP contribution in [-0.4, -0.2) is 27.8 Å². The number of fused-ring (bicyclic) bond motifs is 1. The van der Waals surface area contributed by atoms with Crippen molar-refractivity contribution in [3.8, 4) is 0 Å². The molecule has 1 aliphatic heterocycles. The Hall–Kier alpha value is -1.99. The zero-order chi connectivity index (χ0) is 15.9. The fourth-order valence-electron chi connectivity index (χ4n) is 2.38. The molecule has 0 spiro atoms. The van der Waals surface area contributed by atoms with E-state index in [4.69, 9.17) is 0 Å². The first-order valence-electron chi connectivity index (χ1n) is 6.53. The van der Waals surface area contributed by atoms with Gasteiger partial charge in [0, 0.05) is 11.9 Å². The van der Waals surface area contributed by atoms with Crippen molar-refractivity contribution >= 4 is 39.2 Å². The number of sulfonamides is 1. The molecule has 1 aliphatic rings. The lowest BCUT2D eigenvalue weighted by Crippen LogP contribution is -2.49. The summed E-state index contributed by atoms with van der Waals surface area (Å²) < 4.78 is 26.5. The maximum absolute atomic E-state index is 12.8. The Morgan fingerprint density at radius 3 is 2.50 bits per heavy atom. The van der Waals surface area contributed by atoms with Gasteiger partial charge >= 0.3 is 6.03 Å². The van der Waals surface area contributed by atoms with E-state index < -0.39 is 16.1 Å². The highest BCUT2D eigenvalue weighted by atomic mass is 32.2. The van der Waals surface area contributed by atoms with Gasteiger partial charge in [-0.15, -0.1) is 11.8 Å². The maximum atomic E-state index is 12.8. The molecule has 0 fully saturated rings. The van der Waals surface area contributed by atoms with Gasteiger partial charge in [0.25, 0.3) is 10.0 Å². The Labute approximate surface area is 133 Å². The Balaban J connectivity index is 2.22. The Morgan fingerprint density at radius 2 is 1.77 bits per heavy atom. The second kappa shape index (κ2) is 5.33. The van der Waals surface area contributed by atoms with Crippen molar-refractivity contribution < 1.29 is 13.2 Å². The van der Waals surface area contributed by atoms with Gasteiger partial charge in [0.05, 0.1) is 11.4 Å². The number of anilines is 2. The van der Waals surface area contributed by atoms with Gasteiger partial charge in [-0.05, 0) is 36.6 Å². The predicted molar refractivity (Wildman–Crippen MR) is 88.1 cm³/mol. The molecule has 2 amide bonds. The molecule has 0 radical (unpaired) electrons. The Morgan fingerprint density at radius 1 is 1.05 bits per heavy atom. The summed E-state index contributed by atoms with van der Waals surface area (Å²) in [5.74, 6) is 0. The third-order valence-electron chi connectivity index (χ3n) is 3.49. The van der Waals surface area contributed by atoms with Gasteiger partial charge in [0.15, 0.2) is 0 Å². The Bertz CT molecular complexity index is 849. The largest absolute Gasteiger partial charge is 0.342 e. The fraction of sp³-hybridized carbons (Fsp3) is 0.133.